The summed E-state index contributed by atoms with van der Waals surface area (Å²) in [6, 6.07) is 1.72. The molecule has 0 bridgehead atoms. The zero-order valence-electron chi connectivity index (χ0n) is 10.9. The minimum atomic E-state index is -0.453. The van der Waals surface area contributed by atoms with Crippen molar-refractivity contribution >= 4 is 5.82 Å². The lowest BCUT2D eigenvalue weighted by molar-refractivity contribution is -0.0393. The van der Waals surface area contributed by atoms with Crippen molar-refractivity contribution in [3.05, 3.63) is 23.4 Å². The predicted molar refractivity (Wildman–Crippen MR) is 69.2 cm³/mol. The van der Waals surface area contributed by atoms with Crippen LogP contribution in [0, 0.1) is 6.92 Å². The predicted octanol–water partition coefficient (Wildman–Crippen LogP) is 1.29. The van der Waals surface area contributed by atoms with Gasteiger partial charge in [0, 0.05) is 18.4 Å². The SMILES string of the molecule is CCOC(C)(C)C(NN)c1c(C)ccnc1N. The topological polar surface area (TPSA) is 86.2 Å². The molecule has 0 saturated carbocycles. The summed E-state index contributed by atoms with van der Waals surface area (Å²) in [5.41, 5.74) is 10.2. The Kier molecular flexibility index (Phi) is 4.45. The Morgan fingerprint density at radius 3 is 2.65 bits per heavy atom. The fraction of sp³-hybridized carbons (Fsp3) is 0.583. The Morgan fingerprint density at radius 1 is 1.53 bits per heavy atom. The Bertz CT molecular complexity index is 359. The third-order valence-corrected chi connectivity index (χ3v) is 2.91. The normalized spacial score (nSPS) is 13.7. The number of nitrogens with one attached hydrogen (secondary N) is 1. The fourth-order valence-electron chi connectivity index (χ4n) is 2.05. The lowest BCUT2D eigenvalue weighted by atomic mass is 9.90. The number of nitrogen functional groups attached to an aromatic ring is 1. The molecule has 5 nitrogen and oxygen atoms in total. The van der Waals surface area contributed by atoms with Gasteiger partial charge in [-0.2, -0.15) is 0 Å². The van der Waals surface area contributed by atoms with E-state index < -0.39 is 5.60 Å². The number of pyridine rings is 1. The van der Waals surface area contributed by atoms with Crippen LogP contribution < -0.4 is 17.0 Å². The summed E-state index contributed by atoms with van der Waals surface area (Å²) in [5, 5.41) is 0. The standard InChI is InChI=1S/C12H22N4O/c1-5-17-12(3,4)10(16-14)9-8(2)6-7-15-11(9)13/h6-7,10,16H,5,14H2,1-4H3,(H2,13,15). The molecule has 0 spiro atoms. The van der Waals surface area contributed by atoms with Crippen LogP contribution in [-0.2, 0) is 4.74 Å². The van der Waals surface area contributed by atoms with Gasteiger partial charge in [-0.3, -0.25) is 5.84 Å². The second-order valence-corrected chi connectivity index (χ2v) is 4.56. The third kappa shape index (κ3) is 2.94. The number of ether oxygens (including phenoxy) is 1. The molecule has 5 heteroatoms. The van der Waals surface area contributed by atoms with Crippen LogP contribution in [0.25, 0.3) is 0 Å². The van der Waals surface area contributed by atoms with Gasteiger partial charge in [-0.25, -0.2) is 10.4 Å². The molecule has 1 aromatic rings. The first kappa shape index (κ1) is 13.9. The third-order valence-electron chi connectivity index (χ3n) is 2.91. The molecule has 5 N–H and O–H groups in total. The monoisotopic (exact) mass is 238 g/mol. The molecule has 0 amide bonds. The van der Waals surface area contributed by atoms with Crippen LogP contribution in [0.1, 0.15) is 37.9 Å². The molecule has 0 aliphatic heterocycles. The highest BCUT2D eigenvalue weighted by Gasteiger charge is 2.33. The summed E-state index contributed by atoms with van der Waals surface area (Å²) in [6.45, 7) is 8.51. The molecular formula is C12H22N4O. The number of anilines is 1. The van der Waals surface area contributed by atoms with E-state index >= 15 is 0 Å². The average Bonchev–Trinajstić information content (AvgIpc) is 2.23. The lowest BCUT2D eigenvalue weighted by Crippen LogP contribution is -2.45. The summed E-state index contributed by atoms with van der Waals surface area (Å²) >= 11 is 0. The van der Waals surface area contributed by atoms with Crippen molar-refractivity contribution in [2.75, 3.05) is 12.3 Å². The van der Waals surface area contributed by atoms with Gasteiger partial charge in [-0.05, 0) is 39.3 Å². The van der Waals surface area contributed by atoms with E-state index in [1.807, 2.05) is 33.8 Å². The Labute approximate surface area is 103 Å². The molecule has 1 aromatic heterocycles. The van der Waals surface area contributed by atoms with Gasteiger partial charge >= 0.3 is 0 Å². The van der Waals surface area contributed by atoms with E-state index in [1.165, 1.54) is 0 Å². The highest BCUT2D eigenvalue weighted by molar-refractivity contribution is 5.47. The van der Waals surface area contributed by atoms with Gasteiger partial charge in [0.25, 0.3) is 0 Å². The van der Waals surface area contributed by atoms with Crippen LogP contribution in [0.2, 0.25) is 0 Å². The summed E-state index contributed by atoms with van der Waals surface area (Å²) < 4.78 is 5.72. The fourth-order valence-corrected chi connectivity index (χ4v) is 2.05. The van der Waals surface area contributed by atoms with Crippen molar-refractivity contribution in [2.24, 2.45) is 5.84 Å². The van der Waals surface area contributed by atoms with Crippen LogP contribution in [0.15, 0.2) is 12.3 Å². The van der Waals surface area contributed by atoms with Gasteiger partial charge in [-0.15, -0.1) is 0 Å². The summed E-state index contributed by atoms with van der Waals surface area (Å²) in [4.78, 5) is 4.11. The first-order valence-electron chi connectivity index (χ1n) is 5.75. The first-order chi connectivity index (χ1) is 7.94. The molecule has 1 heterocycles. The van der Waals surface area contributed by atoms with E-state index in [0.29, 0.717) is 12.4 Å². The van der Waals surface area contributed by atoms with E-state index in [0.717, 1.165) is 11.1 Å². The van der Waals surface area contributed by atoms with Crippen LogP contribution in [0.5, 0.6) is 0 Å². The molecule has 0 aromatic carbocycles. The summed E-state index contributed by atoms with van der Waals surface area (Å²) in [6.07, 6.45) is 1.69. The maximum Gasteiger partial charge on any atom is 0.128 e. The van der Waals surface area contributed by atoms with Gasteiger partial charge in [-0.1, -0.05) is 0 Å². The number of aryl methyl sites for hydroxylation is 1. The number of rotatable bonds is 5. The molecule has 17 heavy (non-hydrogen) atoms. The van der Waals surface area contributed by atoms with E-state index in [-0.39, 0.29) is 6.04 Å². The van der Waals surface area contributed by atoms with Crippen molar-refractivity contribution in [1.82, 2.24) is 10.4 Å². The van der Waals surface area contributed by atoms with Gasteiger partial charge in [0.2, 0.25) is 0 Å². The molecule has 1 unspecified atom stereocenters. The van der Waals surface area contributed by atoms with Crippen LogP contribution in [-0.4, -0.2) is 17.2 Å². The minimum Gasteiger partial charge on any atom is -0.383 e. The maximum atomic E-state index is 5.93. The van der Waals surface area contributed by atoms with E-state index in [9.17, 15) is 0 Å². The van der Waals surface area contributed by atoms with Gasteiger partial charge < -0.3 is 10.5 Å². The van der Waals surface area contributed by atoms with Gasteiger partial charge in [0.1, 0.15) is 5.82 Å². The second-order valence-electron chi connectivity index (χ2n) is 4.56. The lowest BCUT2D eigenvalue weighted by Gasteiger charge is -2.35. The number of hydrogen-bond acceptors (Lipinski definition) is 5. The first-order valence-corrected chi connectivity index (χ1v) is 5.75. The number of nitrogens with zero attached hydrogens (tertiary/aromatic N) is 1. The Morgan fingerprint density at radius 2 is 2.18 bits per heavy atom. The average molecular weight is 238 g/mol. The van der Waals surface area contributed by atoms with Crippen LogP contribution >= 0.6 is 0 Å². The smallest absolute Gasteiger partial charge is 0.128 e. The van der Waals surface area contributed by atoms with Crippen LogP contribution in [0.3, 0.4) is 0 Å². The summed E-state index contributed by atoms with van der Waals surface area (Å²) in [7, 11) is 0. The molecule has 0 aliphatic rings. The molecule has 0 aliphatic carbocycles. The minimum absolute atomic E-state index is 0.198. The summed E-state index contributed by atoms with van der Waals surface area (Å²) in [5.74, 6) is 6.13. The molecule has 0 saturated heterocycles. The van der Waals surface area contributed by atoms with Crippen molar-refractivity contribution < 1.29 is 4.74 Å². The van der Waals surface area contributed by atoms with E-state index in [1.54, 1.807) is 6.20 Å². The second kappa shape index (κ2) is 5.44. The molecule has 0 radical (unpaired) electrons. The number of aromatic nitrogens is 1. The number of nitrogens with two attached hydrogens (primary N) is 2. The van der Waals surface area contributed by atoms with Gasteiger partial charge in [0.15, 0.2) is 0 Å². The van der Waals surface area contributed by atoms with E-state index in [4.69, 9.17) is 16.3 Å². The molecule has 1 rings (SSSR count). The zero-order chi connectivity index (χ0) is 13.1. The largest absolute Gasteiger partial charge is 0.383 e. The van der Waals surface area contributed by atoms with E-state index in [2.05, 4.69) is 10.4 Å². The van der Waals surface area contributed by atoms with Crippen molar-refractivity contribution in [3.8, 4) is 0 Å². The number of hydrogen-bond donors (Lipinski definition) is 3. The molecular weight excluding hydrogens is 216 g/mol. The molecule has 96 valence electrons. The van der Waals surface area contributed by atoms with Crippen molar-refractivity contribution in [2.45, 2.75) is 39.3 Å². The zero-order valence-corrected chi connectivity index (χ0v) is 10.9. The highest BCUT2D eigenvalue weighted by atomic mass is 16.5. The highest BCUT2D eigenvalue weighted by Crippen LogP contribution is 2.32. The molecule has 0 fully saturated rings. The van der Waals surface area contributed by atoms with Gasteiger partial charge in [0.05, 0.1) is 11.6 Å². The van der Waals surface area contributed by atoms with Crippen molar-refractivity contribution in [3.63, 3.8) is 0 Å². The molecule has 1 atom stereocenters. The van der Waals surface area contributed by atoms with Crippen molar-refractivity contribution in [1.29, 1.82) is 0 Å². The Balaban J connectivity index is 3.18. The number of hydrazine groups is 1. The van der Waals surface area contributed by atoms with Crippen LogP contribution in [0.4, 0.5) is 5.82 Å². The maximum absolute atomic E-state index is 5.93. The quantitative estimate of drug-likeness (QED) is 0.531. The Hall–Kier alpha value is -1.17.